The Hall–Kier alpha value is -1.38. The number of hydrogen-bond donors (Lipinski definition) is 1. The second-order valence-electron chi connectivity index (χ2n) is 4.74. The lowest BCUT2D eigenvalue weighted by molar-refractivity contribution is 0.563. The Bertz CT molecular complexity index is 551. The van der Waals surface area contributed by atoms with E-state index in [2.05, 4.69) is 5.32 Å². The maximum Gasteiger partial charge on any atom is 0.126 e. The standard InChI is InChI=1S/C16H17ClFN/c1-11-3-6-14(9-16(11)18)12(2)19-10-13-4-7-15(17)8-5-13/h3-9,12,19H,10H2,1-2H3. The van der Waals surface area contributed by atoms with E-state index in [0.717, 1.165) is 22.7 Å². The predicted octanol–water partition coefficient (Wildman–Crippen LogP) is 4.64. The lowest BCUT2D eigenvalue weighted by atomic mass is 10.1. The summed E-state index contributed by atoms with van der Waals surface area (Å²) in [7, 11) is 0. The van der Waals surface area contributed by atoms with Gasteiger partial charge in [0.2, 0.25) is 0 Å². The number of aryl methyl sites for hydroxylation is 1. The first-order valence-corrected chi connectivity index (χ1v) is 6.68. The van der Waals surface area contributed by atoms with Crippen LogP contribution in [-0.4, -0.2) is 0 Å². The van der Waals surface area contributed by atoms with E-state index in [1.54, 1.807) is 13.0 Å². The van der Waals surface area contributed by atoms with E-state index in [4.69, 9.17) is 11.6 Å². The first-order valence-electron chi connectivity index (χ1n) is 6.30. The fraction of sp³-hybridized carbons (Fsp3) is 0.250. The molecule has 2 aromatic rings. The summed E-state index contributed by atoms with van der Waals surface area (Å²) in [6.07, 6.45) is 0. The highest BCUT2D eigenvalue weighted by molar-refractivity contribution is 6.30. The van der Waals surface area contributed by atoms with Gasteiger partial charge in [-0.1, -0.05) is 35.9 Å². The van der Waals surface area contributed by atoms with Crippen molar-refractivity contribution in [1.82, 2.24) is 5.32 Å². The van der Waals surface area contributed by atoms with E-state index in [1.165, 1.54) is 0 Å². The first-order chi connectivity index (χ1) is 9.06. The molecular weight excluding hydrogens is 261 g/mol. The molecule has 19 heavy (non-hydrogen) atoms. The monoisotopic (exact) mass is 277 g/mol. The van der Waals surface area contributed by atoms with Crippen LogP contribution in [-0.2, 0) is 6.54 Å². The molecule has 0 saturated heterocycles. The zero-order chi connectivity index (χ0) is 13.8. The van der Waals surface area contributed by atoms with Gasteiger partial charge in [-0.25, -0.2) is 4.39 Å². The lowest BCUT2D eigenvalue weighted by Gasteiger charge is -2.15. The molecule has 0 bridgehead atoms. The number of hydrogen-bond acceptors (Lipinski definition) is 1. The van der Waals surface area contributed by atoms with Crippen LogP contribution in [0.4, 0.5) is 4.39 Å². The van der Waals surface area contributed by atoms with Gasteiger partial charge in [0, 0.05) is 17.6 Å². The molecule has 100 valence electrons. The fourth-order valence-electron chi connectivity index (χ4n) is 1.87. The minimum Gasteiger partial charge on any atom is -0.306 e. The van der Waals surface area contributed by atoms with Gasteiger partial charge in [-0.15, -0.1) is 0 Å². The van der Waals surface area contributed by atoms with Gasteiger partial charge in [-0.3, -0.25) is 0 Å². The SMILES string of the molecule is Cc1ccc(C(C)NCc2ccc(Cl)cc2)cc1F. The van der Waals surface area contributed by atoms with Crippen molar-refractivity contribution in [3.63, 3.8) is 0 Å². The van der Waals surface area contributed by atoms with Crippen molar-refractivity contribution in [1.29, 1.82) is 0 Å². The second kappa shape index (κ2) is 6.18. The zero-order valence-electron chi connectivity index (χ0n) is 11.1. The van der Waals surface area contributed by atoms with Crippen molar-refractivity contribution < 1.29 is 4.39 Å². The Balaban J connectivity index is 1.98. The van der Waals surface area contributed by atoms with Crippen molar-refractivity contribution in [2.24, 2.45) is 0 Å². The van der Waals surface area contributed by atoms with Gasteiger partial charge in [-0.2, -0.15) is 0 Å². The molecular formula is C16H17ClFN. The Kier molecular flexibility index (Phi) is 4.56. The van der Waals surface area contributed by atoms with Crippen molar-refractivity contribution in [2.75, 3.05) is 0 Å². The quantitative estimate of drug-likeness (QED) is 0.858. The van der Waals surface area contributed by atoms with Crippen molar-refractivity contribution in [2.45, 2.75) is 26.4 Å². The fourth-order valence-corrected chi connectivity index (χ4v) is 2.00. The molecule has 0 spiro atoms. The predicted molar refractivity (Wildman–Crippen MR) is 77.8 cm³/mol. The molecule has 1 nitrogen and oxygen atoms in total. The molecule has 0 aliphatic heterocycles. The topological polar surface area (TPSA) is 12.0 Å². The van der Waals surface area contributed by atoms with Gasteiger partial charge in [0.05, 0.1) is 0 Å². The summed E-state index contributed by atoms with van der Waals surface area (Å²) in [5.41, 5.74) is 2.79. The van der Waals surface area contributed by atoms with E-state index < -0.39 is 0 Å². The summed E-state index contributed by atoms with van der Waals surface area (Å²) in [4.78, 5) is 0. The first kappa shape index (κ1) is 14.0. The van der Waals surface area contributed by atoms with Crippen LogP contribution >= 0.6 is 11.6 Å². The van der Waals surface area contributed by atoms with Crippen LogP contribution in [0.1, 0.15) is 29.7 Å². The normalized spacial score (nSPS) is 12.4. The Labute approximate surface area is 118 Å². The van der Waals surface area contributed by atoms with E-state index in [0.29, 0.717) is 5.56 Å². The maximum atomic E-state index is 13.5. The third kappa shape index (κ3) is 3.79. The third-order valence-corrected chi connectivity index (χ3v) is 3.47. The molecule has 0 amide bonds. The van der Waals surface area contributed by atoms with Crippen LogP contribution in [0.5, 0.6) is 0 Å². The van der Waals surface area contributed by atoms with Crippen molar-refractivity contribution in [3.05, 3.63) is 70.0 Å². The van der Waals surface area contributed by atoms with E-state index >= 15 is 0 Å². The molecule has 0 aliphatic rings. The zero-order valence-corrected chi connectivity index (χ0v) is 11.8. The van der Waals surface area contributed by atoms with Gasteiger partial charge >= 0.3 is 0 Å². The largest absolute Gasteiger partial charge is 0.306 e. The number of benzene rings is 2. The minimum atomic E-state index is -0.155. The van der Waals surface area contributed by atoms with Crippen LogP contribution < -0.4 is 5.32 Å². The molecule has 2 aromatic carbocycles. The summed E-state index contributed by atoms with van der Waals surface area (Å²) >= 11 is 5.84. The van der Waals surface area contributed by atoms with E-state index in [9.17, 15) is 4.39 Å². The van der Waals surface area contributed by atoms with Crippen LogP contribution in [0.2, 0.25) is 5.02 Å². The van der Waals surface area contributed by atoms with Crippen LogP contribution in [0.15, 0.2) is 42.5 Å². The third-order valence-electron chi connectivity index (χ3n) is 3.22. The van der Waals surface area contributed by atoms with Gasteiger partial charge < -0.3 is 5.32 Å². The molecule has 0 saturated carbocycles. The highest BCUT2D eigenvalue weighted by Crippen LogP contribution is 2.17. The number of rotatable bonds is 4. The maximum absolute atomic E-state index is 13.5. The smallest absolute Gasteiger partial charge is 0.126 e. The molecule has 0 radical (unpaired) electrons. The van der Waals surface area contributed by atoms with Gasteiger partial charge in [0.25, 0.3) is 0 Å². The van der Waals surface area contributed by atoms with E-state index in [-0.39, 0.29) is 11.9 Å². The lowest BCUT2D eigenvalue weighted by Crippen LogP contribution is -2.18. The summed E-state index contributed by atoms with van der Waals surface area (Å²) in [5, 5.41) is 4.11. The van der Waals surface area contributed by atoms with Crippen molar-refractivity contribution in [3.8, 4) is 0 Å². The molecule has 0 heterocycles. The molecule has 0 fully saturated rings. The van der Waals surface area contributed by atoms with Gasteiger partial charge in [-0.05, 0) is 48.7 Å². The Morgan fingerprint density at radius 2 is 1.84 bits per heavy atom. The molecule has 0 aliphatic carbocycles. The van der Waals surface area contributed by atoms with Crippen LogP contribution in [0.25, 0.3) is 0 Å². The highest BCUT2D eigenvalue weighted by atomic mass is 35.5. The average molecular weight is 278 g/mol. The molecule has 1 atom stereocenters. The van der Waals surface area contributed by atoms with Gasteiger partial charge in [0.1, 0.15) is 5.82 Å². The number of halogens is 2. The summed E-state index contributed by atoms with van der Waals surface area (Å²) in [6, 6.07) is 13.2. The van der Waals surface area contributed by atoms with Crippen LogP contribution in [0, 0.1) is 12.7 Å². The highest BCUT2D eigenvalue weighted by Gasteiger charge is 2.07. The average Bonchev–Trinajstić information content (AvgIpc) is 2.41. The molecule has 1 unspecified atom stereocenters. The second-order valence-corrected chi connectivity index (χ2v) is 5.17. The number of nitrogens with one attached hydrogen (secondary N) is 1. The van der Waals surface area contributed by atoms with E-state index in [1.807, 2.05) is 43.3 Å². The molecule has 0 aromatic heterocycles. The van der Waals surface area contributed by atoms with Crippen LogP contribution in [0.3, 0.4) is 0 Å². The Morgan fingerprint density at radius 3 is 2.47 bits per heavy atom. The Morgan fingerprint density at radius 1 is 1.16 bits per heavy atom. The summed E-state index contributed by atoms with van der Waals surface area (Å²) in [6.45, 7) is 4.53. The summed E-state index contributed by atoms with van der Waals surface area (Å²) < 4.78 is 13.5. The molecule has 2 rings (SSSR count). The molecule has 1 N–H and O–H groups in total. The minimum absolute atomic E-state index is 0.103. The van der Waals surface area contributed by atoms with Gasteiger partial charge in [0.15, 0.2) is 0 Å². The molecule has 3 heteroatoms. The summed E-state index contributed by atoms with van der Waals surface area (Å²) in [5.74, 6) is -0.155. The van der Waals surface area contributed by atoms with Crippen molar-refractivity contribution >= 4 is 11.6 Å².